The second-order valence-corrected chi connectivity index (χ2v) is 4.52. The molecule has 1 aromatic carbocycles. The van der Waals surface area contributed by atoms with Crippen molar-refractivity contribution in [1.29, 1.82) is 0 Å². The van der Waals surface area contributed by atoms with E-state index in [1.165, 1.54) is 4.90 Å². The van der Waals surface area contributed by atoms with Crippen LogP contribution in [0.1, 0.15) is 24.5 Å². The van der Waals surface area contributed by atoms with E-state index in [1.807, 2.05) is 13.3 Å². The Morgan fingerprint density at radius 3 is 2.68 bits per heavy atom. The fraction of sp³-hybridized carbons (Fsp3) is 0.333. The van der Waals surface area contributed by atoms with Gasteiger partial charge in [0.05, 0.1) is 6.41 Å². The van der Waals surface area contributed by atoms with Gasteiger partial charge in [0.25, 0.3) is 0 Å². The molecule has 0 fully saturated rings. The molecule has 0 heterocycles. The first-order chi connectivity index (χ1) is 8.58. The first-order valence-corrected chi connectivity index (χ1v) is 6.59. The van der Waals surface area contributed by atoms with E-state index in [-0.39, 0.29) is 39.3 Å². The molecular formula is C12H15N2O3SY-3. The molecule has 19 heavy (non-hydrogen) atoms. The van der Waals surface area contributed by atoms with Crippen LogP contribution in [-0.2, 0) is 55.3 Å². The zero-order valence-corrected chi connectivity index (χ0v) is 14.4. The van der Waals surface area contributed by atoms with Crippen LogP contribution in [0.4, 0.5) is 5.69 Å². The minimum atomic E-state index is -2.28. The zero-order valence-electron chi connectivity index (χ0n) is 10.7. The fourth-order valence-electron chi connectivity index (χ4n) is 1.59. The van der Waals surface area contributed by atoms with Gasteiger partial charge < -0.3 is 14.2 Å². The predicted molar refractivity (Wildman–Crippen MR) is 70.0 cm³/mol. The minimum absolute atomic E-state index is 0. The van der Waals surface area contributed by atoms with Gasteiger partial charge in [0.1, 0.15) is 0 Å². The molecule has 1 rings (SSSR count). The van der Waals surface area contributed by atoms with E-state index in [1.54, 1.807) is 18.2 Å². The Morgan fingerprint density at radius 2 is 2.21 bits per heavy atom. The van der Waals surface area contributed by atoms with Gasteiger partial charge in [-0.3, -0.25) is 4.21 Å². The predicted octanol–water partition coefficient (Wildman–Crippen LogP) is 1.03. The van der Waals surface area contributed by atoms with E-state index in [0.717, 1.165) is 12.0 Å². The molecule has 1 aromatic rings. The van der Waals surface area contributed by atoms with Gasteiger partial charge in [-0.25, -0.2) is 17.2 Å². The van der Waals surface area contributed by atoms with E-state index >= 15 is 0 Å². The third-order valence-corrected chi connectivity index (χ3v) is 2.77. The summed E-state index contributed by atoms with van der Waals surface area (Å²) in [5, 5.41) is 0. The van der Waals surface area contributed by atoms with Crippen LogP contribution in [0.25, 0.3) is 0 Å². The fourth-order valence-corrected chi connectivity index (χ4v) is 1.88. The Labute approximate surface area is 141 Å². The van der Waals surface area contributed by atoms with Gasteiger partial charge in [0.2, 0.25) is 0 Å². The molecule has 0 bridgehead atoms. The third kappa shape index (κ3) is 6.14. The Bertz CT molecular complexity index is 443. The van der Waals surface area contributed by atoms with Crippen molar-refractivity contribution in [2.75, 3.05) is 11.4 Å². The monoisotopic (exact) mass is 356 g/mol. The summed E-state index contributed by atoms with van der Waals surface area (Å²) in [5.41, 5.74) is 2.15. The van der Waals surface area contributed by atoms with E-state index in [0.29, 0.717) is 17.8 Å². The number of amides is 1. The van der Waals surface area contributed by atoms with Gasteiger partial charge in [-0.05, 0) is 13.0 Å². The van der Waals surface area contributed by atoms with Crippen LogP contribution in [0.3, 0.4) is 0 Å². The summed E-state index contributed by atoms with van der Waals surface area (Å²) in [7, 11) is 0. The molecule has 1 unspecified atom stereocenters. The van der Waals surface area contributed by atoms with Crippen molar-refractivity contribution in [1.82, 2.24) is 4.72 Å². The largest absolute Gasteiger partial charge is 0.760 e. The summed E-state index contributed by atoms with van der Waals surface area (Å²) in [4.78, 5) is 12.3. The third-order valence-electron chi connectivity index (χ3n) is 2.39. The second kappa shape index (κ2) is 9.61. The van der Waals surface area contributed by atoms with Crippen molar-refractivity contribution in [3.63, 3.8) is 0 Å². The summed E-state index contributed by atoms with van der Waals surface area (Å²) >= 11 is -2.28. The molecule has 0 saturated heterocycles. The Hall–Kier alpha value is -0.266. The maximum atomic E-state index is 10.8. The molecule has 0 spiro atoms. The Morgan fingerprint density at radius 1 is 1.53 bits per heavy atom. The van der Waals surface area contributed by atoms with Gasteiger partial charge >= 0.3 is 0 Å². The number of rotatable bonds is 7. The van der Waals surface area contributed by atoms with Gasteiger partial charge in [0.15, 0.2) is 0 Å². The maximum Gasteiger partial charge on any atom is 0.0719 e. The van der Waals surface area contributed by atoms with Crippen LogP contribution in [0.15, 0.2) is 18.2 Å². The van der Waals surface area contributed by atoms with Gasteiger partial charge in [-0.2, -0.15) is 6.07 Å². The molecular weight excluding hydrogens is 341 g/mol. The SMILES string of the molecule is [CH2-]c1cc(CNS(=O)[O-])ccc1N([C-]=O)CCC.[Y]. The Balaban J connectivity index is 0.00000324. The van der Waals surface area contributed by atoms with Crippen LogP contribution in [0.2, 0.25) is 0 Å². The quantitative estimate of drug-likeness (QED) is 0.451. The summed E-state index contributed by atoms with van der Waals surface area (Å²) in [5.74, 6) is 0. The number of carbonyl (C=O) groups excluding carboxylic acids is 1. The van der Waals surface area contributed by atoms with Gasteiger partial charge in [0, 0.05) is 50.5 Å². The molecule has 0 aliphatic rings. The average Bonchev–Trinajstić information content (AvgIpc) is 2.34. The Kier molecular flexibility index (Phi) is 9.47. The van der Waals surface area contributed by atoms with Crippen LogP contribution in [-0.4, -0.2) is 21.7 Å². The average molecular weight is 356 g/mol. The summed E-state index contributed by atoms with van der Waals surface area (Å²) in [6.45, 7) is 6.61. The molecule has 0 aliphatic heterocycles. The van der Waals surface area contributed by atoms with Crippen molar-refractivity contribution in [3.8, 4) is 0 Å². The van der Waals surface area contributed by atoms with Crippen LogP contribution in [0.5, 0.6) is 0 Å². The topological polar surface area (TPSA) is 72.5 Å². The second-order valence-electron chi connectivity index (χ2n) is 3.76. The first kappa shape index (κ1) is 18.7. The van der Waals surface area contributed by atoms with Crippen molar-refractivity contribution < 1.29 is 46.3 Å². The molecule has 5 nitrogen and oxygen atoms in total. The van der Waals surface area contributed by atoms with E-state index < -0.39 is 11.3 Å². The molecule has 1 amide bonds. The van der Waals surface area contributed by atoms with Crippen LogP contribution >= 0.6 is 0 Å². The molecule has 103 valence electrons. The van der Waals surface area contributed by atoms with Crippen LogP contribution in [0, 0.1) is 6.92 Å². The number of benzene rings is 1. The van der Waals surface area contributed by atoms with Crippen molar-refractivity contribution in [2.45, 2.75) is 19.9 Å². The molecule has 1 N–H and O–H groups in total. The molecule has 1 radical (unpaired) electrons. The number of nitrogens with zero attached hydrogens (tertiary/aromatic N) is 1. The van der Waals surface area contributed by atoms with Crippen molar-refractivity contribution in [3.05, 3.63) is 36.2 Å². The zero-order chi connectivity index (χ0) is 13.5. The van der Waals surface area contributed by atoms with Crippen molar-refractivity contribution >= 4 is 23.4 Å². The number of anilines is 1. The molecule has 0 aliphatic carbocycles. The normalized spacial score (nSPS) is 11.5. The number of hydrogen-bond donors (Lipinski definition) is 1. The smallest absolute Gasteiger partial charge is 0.0719 e. The van der Waals surface area contributed by atoms with Crippen LogP contribution < -0.4 is 9.62 Å². The number of nitrogens with one attached hydrogen (secondary N) is 1. The van der Waals surface area contributed by atoms with E-state index in [4.69, 9.17) is 0 Å². The standard InChI is InChI=1S/C12H16N2O3S.Y/c1-3-6-14(9-15)12-5-4-11(7-10(12)2)8-13-18(16)17;/h4-5,7,13H,2-3,6,8H2,1H3,(H,16,17);/q-2;/p-1. The summed E-state index contributed by atoms with van der Waals surface area (Å²) < 4.78 is 23.0. The molecule has 0 saturated carbocycles. The summed E-state index contributed by atoms with van der Waals surface area (Å²) in [6, 6.07) is 5.24. The van der Waals surface area contributed by atoms with E-state index in [9.17, 15) is 13.6 Å². The van der Waals surface area contributed by atoms with E-state index in [2.05, 4.69) is 11.6 Å². The minimum Gasteiger partial charge on any atom is -0.760 e. The molecule has 7 heteroatoms. The van der Waals surface area contributed by atoms with Gasteiger partial charge in [-0.15, -0.1) is 11.8 Å². The molecule has 1 atom stereocenters. The number of hydrogen-bond acceptors (Lipinski definition) is 3. The summed E-state index contributed by atoms with van der Waals surface area (Å²) in [6.07, 6.45) is 2.69. The first-order valence-electron chi connectivity index (χ1n) is 5.51. The maximum absolute atomic E-state index is 10.8. The molecule has 0 aromatic heterocycles. The van der Waals surface area contributed by atoms with Crippen molar-refractivity contribution in [2.24, 2.45) is 0 Å². The van der Waals surface area contributed by atoms with Gasteiger partial charge in [-0.1, -0.05) is 18.6 Å².